The van der Waals surface area contributed by atoms with Gasteiger partial charge in [0.05, 0.1) is 18.5 Å². The van der Waals surface area contributed by atoms with Crippen LogP contribution in [0.2, 0.25) is 0 Å². The second kappa shape index (κ2) is 5.09. The summed E-state index contributed by atoms with van der Waals surface area (Å²) < 4.78 is 27.2. The van der Waals surface area contributed by atoms with Crippen molar-refractivity contribution < 1.29 is 13.2 Å². The summed E-state index contributed by atoms with van der Waals surface area (Å²) in [4.78, 5) is 0. The summed E-state index contributed by atoms with van der Waals surface area (Å²) in [6.45, 7) is 4.33. The fourth-order valence-electron chi connectivity index (χ4n) is 1.54. The predicted molar refractivity (Wildman–Crippen MR) is 56.1 cm³/mol. The fraction of sp³-hybridized carbons (Fsp3) is 1.00. The number of hydrogen-bond donors (Lipinski definition) is 1. The van der Waals surface area contributed by atoms with Gasteiger partial charge in [0.1, 0.15) is 9.84 Å². The van der Waals surface area contributed by atoms with Gasteiger partial charge in [0, 0.05) is 12.8 Å². The van der Waals surface area contributed by atoms with Gasteiger partial charge in [0.2, 0.25) is 0 Å². The van der Waals surface area contributed by atoms with Crippen LogP contribution in [0, 0.1) is 5.92 Å². The number of hydrogen-bond acceptors (Lipinski definition) is 4. The smallest absolute Gasteiger partial charge is 0.149 e. The Morgan fingerprint density at radius 3 is 2.79 bits per heavy atom. The van der Waals surface area contributed by atoms with Crippen molar-refractivity contribution in [3.63, 3.8) is 0 Å². The Labute approximate surface area is 85.9 Å². The van der Waals surface area contributed by atoms with E-state index in [2.05, 4.69) is 12.2 Å². The van der Waals surface area contributed by atoms with Crippen LogP contribution in [0.4, 0.5) is 0 Å². The van der Waals surface area contributed by atoms with Gasteiger partial charge >= 0.3 is 0 Å². The van der Waals surface area contributed by atoms with Gasteiger partial charge in [-0.1, -0.05) is 6.92 Å². The average Bonchev–Trinajstić information content (AvgIpc) is 2.06. The van der Waals surface area contributed by atoms with Crippen LogP contribution in [0.3, 0.4) is 0 Å². The third kappa shape index (κ3) is 4.39. The van der Waals surface area contributed by atoms with Crippen LogP contribution in [0.1, 0.15) is 13.3 Å². The molecule has 1 N–H and O–H groups in total. The molecule has 2 unspecified atom stereocenters. The third-order valence-electron chi connectivity index (χ3n) is 2.54. The molecule has 5 heteroatoms. The highest BCUT2D eigenvalue weighted by molar-refractivity contribution is 7.90. The molecule has 4 nitrogen and oxygen atoms in total. The van der Waals surface area contributed by atoms with Crippen LogP contribution in [0.25, 0.3) is 0 Å². The lowest BCUT2D eigenvalue weighted by Crippen LogP contribution is -2.41. The highest BCUT2D eigenvalue weighted by Gasteiger charge is 2.21. The molecule has 1 aliphatic rings. The zero-order valence-corrected chi connectivity index (χ0v) is 9.64. The molecule has 14 heavy (non-hydrogen) atoms. The first-order valence-electron chi connectivity index (χ1n) is 4.99. The van der Waals surface area contributed by atoms with Crippen LogP contribution >= 0.6 is 0 Å². The molecule has 2 atom stereocenters. The van der Waals surface area contributed by atoms with Gasteiger partial charge in [-0.25, -0.2) is 8.42 Å². The standard InChI is InChI=1S/C9H19NO3S/c1-8-3-4-10-7-9(8)13-5-6-14(2,11)12/h8-10H,3-7H2,1-2H3. The van der Waals surface area contributed by atoms with E-state index in [0.29, 0.717) is 12.5 Å². The van der Waals surface area contributed by atoms with E-state index in [4.69, 9.17) is 4.74 Å². The molecular formula is C9H19NO3S. The number of nitrogens with one attached hydrogen (secondary N) is 1. The van der Waals surface area contributed by atoms with Crippen molar-refractivity contribution in [1.82, 2.24) is 5.32 Å². The molecule has 1 saturated heterocycles. The van der Waals surface area contributed by atoms with E-state index in [1.165, 1.54) is 6.26 Å². The molecule has 0 spiro atoms. The van der Waals surface area contributed by atoms with Crippen LogP contribution in [-0.2, 0) is 14.6 Å². The molecular weight excluding hydrogens is 202 g/mol. The summed E-state index contributed by atoms with van der Waals surface area (Å²) in [6.07, 6.45) is 2.51. The number of sulfone groups is 1. The first-order valence-corrected chi connectivity index (χ1v) is 7.05. The normalized spacial score (nSPS) is 29.0. The minimum atomic E-state index is -2.89. The maximum absolute atomic E-state index is 10.9. The molecule has 0 radical (unpaired) electrons. The number of piperidine rings is 1. The first-order chi connectivity index (χ1) is 6.49. The summed E-state index contributed by atoms with van der Waals surface area (Å²) in [7, 11) is -2.89. The average molecular weight is 221 g/mol. The Morgan fingerprint density at radius 2 is 2.21 bits per heavy atom. The Kier molecular flexibility index (Phi) is 4.34. The Hall–Kier alpha value is -0.130. The summed E-state index contributed by atoms with van der Waals surface area (Å²) in [5.74, 6) is 0.645. The molecule has 0 aromatic carbocycles. The predicted octanol–water partition coefficient (Wildman–Crippen LogP) is 0.0456. The molecule has 1 aliphatic heterocycles. The van der Waals surface area contributed by atoms with Gasteiger partial charge in [0.25, 0.3) is 0 Å². The monoisotopic (exact) mass is 221 g/mol. The topological polar surface area (TPSA) is 55.4 Å². The van der Waals surface area contributed by atoms with Crippen LogP contribution in [0.5, 0.6) is 0 Å². The highest BCUT2D eigenvalue weighted by Crippen LogP contribution is 2.14. The third-order valence-corrected chi connectivity index (χ3v) is 3.45. The lowest BCUT2D eigenvalue weighted by atomic mass is 9.97. The summed E-state index contributed by atoms with van der Waals surface area (Å²) in [6, 6.07) is 0. The summed E-state index contributed by atoms with van der Waals surface area (Å²) in [5, 5.41) is 3.24. The van der Waals surface area contributed by atoms with Crippen molar-refractivity contribution in [3.8, 4) is 0 Å². The molecule has 0 saturated carbocycles. The molecule has 0 aromatic rings. The van der Waals surface area contributed by atoms with Gasteiger partial charge in [-0.2, -0.15) is 0 Å². The second-order valence-electron chi connectivity index (χ2n) is 4.01. The van der Waals surface area contributed by atoms with Crippen molar-refractivity contribution in [2.75, 3.05) is 31.7 Å². The minimum absolute atomic E-state index is 0.121. The Morgan fingerprint density at radius 1 is 1.50 bits per heavy atom. The van der Waals surface area contributed by atoms with E-state index in [9.17, 15) is 8.42 Å². The zero-order valence-electron chi connectivity index (χ0n) is 8.82. The van der Waals surface area contributed by atoms with E-state index in [1.807, 2.05) is 0 Å². The lowest BCUT2D eigenvalue weighted by molar-refractivity contribution is 0.0124. The van der Waals surface area contributed by atoms with Gasteiger partial charge < -0.3 is 10.1 Å². The Balaban J connectivity index is 2.23. The molecule has 0 aromatic heterocycles. The van der Waals surface area contributed by atoms with Gasteiger partial charge in [0.15, 0.2) is 0 Å². The van der Waals surface area contributed by atoms with Gasteiger partial charge in [-0.15, -0.1) is 0 Å². The summed E-state index contributed by atoms with van der Waals surface area (Å²) in [5.41, 5.74) is 0. The molecule has 0 bridgehead atoms. The SMILES string of the molecule is CC1CCNCC1OCCS(C)(=O)=O. The molecule has 1 rings (SSSR count). The molecule has 84 valence electrons. The van der Waals surface area contributed by atoms with Crippen LogP contribution in [0.15, 0.2) is 0 Å². The van der Waals surface area contributed by atoms with E-state index in [1.54, 1.807) is 0 Å². The van der Waals surface area contributed by atoms with E-state index in [0.717, 1.165) is 19.5 Å². The highest BCUT2D eigenvalue weighted by atomic mass is 32.2. The van der Waals surface area contributed by atoms with Crippen molar-refractivity contribution in [3.05, 3.63) is 0 Å². The van der Waals surface area contributed by atoms with Gasteiger partial charge in [-0.05, 0) is 18.9 Å². The first kappa shape index (κ1) is 11.9. The van der Waals surface area contributed by atoms with Crippen molar-refractivity contribution >= 4 is 9.84 Å². The molecule has 0 amide bonds. The summed E-state index contributed by atoms with van der Waals surface area (Å²) >= 11 is 0. The fourth-order valence-corrected chi connectivity index (χ4v) is 1.93. The largest absolute Gasteiger partial charge is 0.376 e. The van der Waals surface area contributed by atoms with E-state index >= 15 is 0 Å². The van der Waals surface area contributed by atoms with Crippen LogP contribution < -0.4 is 5.32 Å². The van der Waals surface area contributed by atoms with E-state index in [-0.39, 0.29) is 11.9 Å². The van der Waals surface area contributed by atoms with E-state index < -0.39 is 9.84 Å². The lowest BCUT2D eigenvalue weighted by Gasteiger charge is -2.29. The quantitative estimate of drug-likeness (QED) is 0.728. The number of rotatable bonds is 4. The minimum Gasteiger partial charge on any atom is -0.376 e. The van der Waals surface area contributed by atoms with Crippen molar-refractivity contribution in [2.24, 2.45) is 5.92 Å². The Bertz CT molecular complexity index is 263. The maximum atomic E-state index is 10.9. The van der Waals surface area contributed by atoms with Gasteiger partial charge in [-0.3, -0.25) is 0 Å². The van der Waals surface area contributed by atoms with Crippen LogP contribution in [-0.4, -0.2) is 46.2 Å². The van der Waals surface area contributed by atoms with Crippen molar-refractivity contribution in [2.45, 2.75) is 19.4 Å². The molecule has 1 heterocycles. The maximum Gasteiger partial charge on any atom is 0.149 e. The molecule has 0 aliphatic carbocycles. The zero-order chi connectivity index (χ0) is 10.6. The van der Waals surface area contributed by atoms with Crippen molar-refractivity contribution in [1.29, 1.82) is 0 Å². The number of ether oxygens (including phenoxy) is 1. The second-order valence-corrected chi connectivity index (χ2v) is 6.27. The molecule has 1 fully saturated rings.